The van der Waals surface area contributed by atoms with Crippen LogP contribution < -0.4 is 4.90 Å². The number of rotatable bonds is 5. The number of aliphatic carboxylic acids is 1. The number of hydrogen-bond donors (Lipinski definition) is 1. The summed E-state index contributed by atoms with van der Waals surface area (Å²) >= 11 is 1.23. The molecule has 0 unspecified atom stereocenters. The van der Waals surface area contributed by atoms with E-state index in [4.69, 9.17) is 5.11 Å². The van der Waals surface area contributed by atoms with Crippen molar-refractivity contribution >= 4 is 23.7 Å². The molecule has 1 fully saturated rings. The van der Waals surface area contributed by atoms with Gasteiger partial charge in [-0.1, -0.05) is 25.6 Å². The van der Waals surface area contributed by atoms with E-state index in [0.29, 0.717) is 5.16 Å². The monoisotopic (exact) mass is 298 g/mol. The molecule has 2 heterocycles. The van der Waals surface area contributed by atoms with Crippen LogP contribution in [0.25, 0.3) is 0 Å². The van der Waals surface area contributed by atoms with Gasteiger partial charge in [-0.3, -0.25) is 9.36 Å². The third-order valence-electron chi connectivity index (χ3n) is 3.52. The Balaban J connectivity index is 2.17. The summed E-state index contributed by atoms with van der Waals surface area (Å²) in [6.07, 6.45) is 2.38. The molecule has 0 bridgehead atoms. The van der Waals surface area contributed by atoms with Crippen LogP contribution in [0.3, 0.4) is 0 Å². The zero-order valence-electron chi connectivity index (χ0n) is 12.3. The van der Waals surface area contributed by atoms with Gasteiger partial charge in [0.25, 0.3) is 0 Å². The molecule has 1 aromatic heterocycles. The van der Waals surface area contributed by atoms with Gasteiger partial charge in [0, 0.05) is 19.6 Å². The van der Waals surface area contributed by atoms with Crippen molar-refractivity contribution in [2.45, 2.75) is 45.3 Å². The summed E-state index contributed by atoms with van der Waals surface area (Å²) < 4.78 is 2.01. The Hall–Kier alpha value is -1.24. The predicted octanol–water partition coefficient (Wildman–Crippen LogP) is 2.10. The van der Waals surface area contributed by atoms with Crippen LogP contribution in [-0.4, -0.2) is 44.7 Å². The fraction of sp³-hybridized carbons (Fsp3) is 0.769. The van der Waals surface area contributed by atoms with E-state index in [1.54, 1.807) is 0 Å². The van der Waals surface area contributed by atoms with E-state index >= 15 is 0 Å². The summed E-state index contributed by atoms with van der Waals surface area (Å²) in [7, 11) is 0. The minimum absolute atomic E-state index is 0.0175. The molecule has 0 spiro atoms. The van der Waals surface area contributed by atoms with Crippen LogP contribution in [0.2, 0.25) is 0 Å². The third kappa shape index (κ3) is 3.45. The Morgan fingerprint density at radius 1 is 1.45 bits per heavy atom. The predicted molar refractivity (Wildman–Crippen MR) is 79.3 cm³/mol. The number of carboxylic acid groups (broad SMARTS) is 1. The zero-order chi connectivity index (χ0) is 14.8. The largest absolute Gasteiger partial charge is 0.481 e. The number of carboxylic acids is 1. The van der Waals surface area contributed by atoms with Gasteiger partial charge in [0.05, 0.1) is 5.75 Å². The van der Waals surface area contributed by atoms with E-state index in [1.807, 2.05) is 11.5 Å². The molecule has 7 heteroatoms. The van der Waals surface area contributed by atoms with Crippen molar-refractivity contribution in [3.63, 3.8) is 0 Å². The molecule has 0 saturated carbocycles. The average Bonchev–Trinajstić information content (AvgIpc) is 2.77. The van der Waals surface area contributed by atoms with Gasteiger partial charge in [0.15, 0.2) is 5.16 Å². The highest BCUT2D eigenvalue weighted by Gasteiger charge is 2.29. The second-order valence-electron chi connectivity index (χ2n) is 5.90. The van der Waals surface area contributed by atoms with Crippen LogP contribution in [0.4, 0.5) is 5.95 Å². The molecule has 1 aliphatic rings. The minimum Gasteiger partial charge on any atom is -0.481 e. The standard InChI is InChI=1S/C13H22N4O2S/c1-4-17-11(14-15-12(17)20-8-10(18)19)16-7-5-6-13(2,3)9-16/h4-9H2,1-3H3,(H,18,19). The van der Waals surface area contributed by atoms with E-state index in [2.05, 4.69) is 28.9 Å². The smallest absolute Gasteiger partial charge is 0.313 e. The molecule has 2 rings (SSSR count). The molecule has 0 atom stereocenters. The highest BCUT2D eigenvalue weighted by atomic mass is 32.2. The van der Waals surface area contributed by atoms with Crippen molar-refractivity contribution in [1.82, 2.24) is 14.8 Å². The van der Waals surface area contributed by atoms with Crippen molar-refractivity contribution in [1.29, 1.82) is 0 Å². The third-order valence-corrected chi connectivity index (χ3v) is 4.47. The van der Waals surface area contributed by atoms with Gasteiger partial charge in [0.1, 0.15) is 0 Å². The maximum absolute atomic E-state index is 10.7. The molecule has 0 radical (unpaired) electrons. The molecular formula is C13H22N4O2S. The first-order chi connectivity index (χ1) is 9.43. The molecular weight excluding hydrogens is 276 g/mol. The van der Waals surface area contributed by atoms with Crippen LogP contribution in [0.15, 0.2) is 5.16 Å². The Morgan fingerprint density at radius 2 is 2.20 bits per heavy atom. The average molecular weight is 298 g/mol. The molecule has 0 aromatic carbocycles. The quantitative estimate of drug-likeness (QED) is 0.839. The van der Waals surface area contributed by atoms with Gasteiger partial charge < -0.3 is 10.0 Å². The maximum atomic E-state index is 10.7. The Bertz CT molecular complexity index is 487. The second-order valence-corrected chi connectivity index (χ2v) is 6.84. The van der Waals surface area contributed by atoms with Crippen LogP contribution in [0.5, 0.6) is 0 Å². The molecule has 1 aliphatic heterocycles. The fourth-order valence-electron chi connectivity index (χ4n) is 2.62. The van der Waals surface area contributed by atoms with E-state index < -0.39 is 5.97 Å². The summed E-state index contributed by atoms with van der Waals surface area (Å²) in [4.78, 5) is 12.9. The molecule has 1 saturated heterocycles. The van der Waals surface area contributed by atoms with Gasteiger partial charge in [0.2, 0.25) is 5.95 Å². The summed E-state index contributed by atoms with van der Waals surface area (Å²) in [5.41, 5.74) is 0.289. The Kier molecular flexibility index (Phi) is 4.57. The summed E-state index contributed by atoms with van der Waals surface area (Å²) in [5, 5.41) is 17.9. The van der Waals surface area contributed by atoms with Gasteiger partial charge in [-0.05, 0) is 25.2 Å². The first-order valence-electron chi connectivity index (χ1n) is 6.96. The van der Waals surface area contributed by atoms with Crippen molar-refractivity contribution < 1.29 is 9.90 Å². The summed E-state index contributed by atoms with van der Waals surface area (Å²) in [6, 6.07) is 0. The number of nitrogens with zero attached hydrogens (tertiary/aromatic N) is 4. The number of thioether (sulfide) groups is 1. The lowest BCUT2D eigenvalue weighted by Gasteiger charge is -2.38. The fourth-order valence-corrected chi connectivity index (χ4v) is 3.34. The van der Waals surface area contributed by atoms with Gasteiger partial charge in [-0.25, -0.2) is 0 Å². The lowest BCUT2D eigenvalue weighted by atomic mass is 9.84. The SMILES string of the molecule is CCn1c(SCC(=O)O)nnc1N1CCCC(C)(C)C1. The highest BCUT2D eigenvalue weighted by molar-refractivity contribution is 7.99. The molecule has 1 N–H and O–H groups in total. The molecule has 0 aliphatic carbocycles. The van der Waals surface area contributed by atoms with Crippen LogP contribution in [0, 0.1) is 5.41 Å². The van der Waals surface area contributed by atoms with Crippen molar-refractivity contribution in [2.24, 2.45) is 5.41 Å². The number of carbonyl (C=O) groups is 1. The summed E-state index contributed by atoms with van der Waals surface area (Å²) in [6.45, 7) is 9.28. The van der Waals surface area contributed by atoms with Gasteiger partial charge >= 0.3 is 5.97 Å². The maximum Gasteiger partial charge on any atom is 0.313 e. The van der Waals surface area contributed by atoms with Crippen LogP contribution in [-0.2, 0) is 11.3 Å². The van der Waals surface area contributed by atoms with E-state index in [1.165, 1.54) is 18.2 Å². The Labute approximate surface area is 123 Å². The number of hydrogen-bond acceptors (Lipinski definition) is 5. The second kappa shape index (κ2) is 6.03. The molecule has 1 aromatic rings. The number of aromatic nitrogens is 3. The molecule has 20 heavy (non-hydrogen) atoms. The molecule has 112 valence electrons. The number of anilines is 1. The highest BCUT2D eigenvalue weighted by Crippen LogP contribution is 2.32. The van der Waals surface area contributed by atoms with E-state index in [0.717, 1.165) is 32.0 Å². The first-order valence-corrected chi connectivity index (χ1v) is 7.94. The molecule has 0 amide bonds. The van der Waals surface area contributed by atoms with Crippen LogP contribution in [0.1, 0.15) is 33.6 Å². The molecule has 6 nitrogen and oxygen atoms in total. The normalized spacial score (nSPS) is 18.2. The lowest BCUT2D eigenvalue weighted by molar-refractivity contribution is -0.133. The summed E-state index contributed by atoms with van der Waals surface area (Å²) in [5.74, 6) is 0.0540. The van der Waals surface area contributed by atoms with E-state index in [-0.39, 0.29) is 11.2 Å². The minimum atomic E-state index is -0.832. The first kappa shape index (κ1) is 15.2. The van der Waals surface area contributed by atoms with Crippen molar-refractivity contribution in [3.05, 3.63) is 0 Å². The van der Waals surface area contributed by atoms with E-state index in [9.17, 15) is 4.79 Å². The van der Waals surface area contributed by atoms with Crippen molar-refractivity contribution in [3.8, 4) is 0 Å². The van der Waals surface area contributed by atoms with Gasteiger partial charge in [-0.15, -0.1) is 10.2 Å². The Morgan fingerprint density at radius 3 is 2.80 bits per heavy atom. The van der Waals surface area contributed by atoms with Crippen molar-refractivity contribution in [2.75, 3.05) is 23.7 Å². The number of piperidine rings is 1. The van der Waals surface area contributed by atoms with Gasteiger partial charge in [-0.2, -0.15) is 0 Å². The lowest BCUT2D eigenvalue weighted by Crippen LogP contribution is -2.41. The topological polar surface area (TPSA) is 71.2 Å². The zero-order valence-corrected chi connectivity index (χ0v) is 13.1. The van der Waals surface area contributed by atoms with Crippen LogP contribution >= 0.6 is 11.8 Å².